The fourth-order valence-electron chi connectivity index (χ4n) is 2.53. The molecule has 0 aromatic heterocycles. The molecule has 20 heavy (non-hydrogen) atoms. The van der Waals surface area contributed by atoms with Gasteiger partial charge in [0.15, 0.2) is 0 Å². The van der Waals surface area contributed by atoms with Crippen LogP contribution in [0.1, 0.15) is 27.7 Å². The lowest BCUT2D eigenvalue weighted by Gasteiger charge is -2.42. The van der Waals surface area contributed by atoms with Crippen LogP contribution in [0.4, 0.5) is 5.69 Å². The summed E-state index contributed by atoms with van der Waals surface area (Å²) >= 11 is 0. The van der Waals surface area contributed by atoms with Crippen molar-refractivity contribution in [2.75, 3.05) is 0 Å². The average molecular weight is 279 g/mol. The largest absolute Gasteiger partial charge is 0.465 e. The van der Waals surface area contributed by atoms with E-state index in [4.69, 9.17) is 9.47 Å². The van der Waals surface area contributed by atoms with E-state index in [-0.39, 0.29) is 24.0 Å². The molecule has 0 aliphatic carbocycles. The molecule has 0 N–H and O–H groups in total. The Labute approximate surface area is 119 Å². The molecule has 0 amide bonds. The lowest BCUT2D eigenvalue weighted by Crippen LogP contribution is -2.46. The van der Waals surface area contributed by atoms with Gasteiger partial charge in [0.05, 0.1) is 11.0 Å². The van der Waals surface area contributed by atoms with E-state index in [1.807, 2.05) is 0 Å². The quantitative estimate of drug-likeness (QED) is 0.626. The van der Waals surface area contributed by atoms with Crippen molar-refractivity contribution < 1.29 is 14.4 Å². The molecule has 5 atom stereocenters. The molecule has 1 saturated heterocycles. The molecule has 1 heterocycles. The molecule has 1 fully saturated rings. The normalized spacial score (nSPS) is 33.7. The van der Waals surface area contributed by atoms with Crippen molar-refractivity contribution in [2.45, 2.75) is 40.1 Å². The summed E-state index contributed by atoms with van der Waals surface area (Å²) in [5.41, 5.74) is 0.0605. The summed E-state index contributed by atoms with van der Waals surface area (Å²) in [5.74, 6) is 1.86. The Morgan fingerprint density at radius 1 is 1.05 bits per heavy atom. The Morgan fingerprint density at radius 3 is 2.20 bits per heavy atom. The molecule has 0 unspecified atom stereocenters. The van der Waals surface area contributed by atoms with Gasteiger partial charge in [-0.05, 0) is 30.9 Å². The molecule has 1 aromatic rings. The van der Waals surface area contributed by atoms with E-state index in [0.717, 1.165) is 0 Å². The average Bonchev–Trinajstić information content (AvgIpc) is 2.43. The van der Waals surface area contributed by atoms with Gasteiger partial charge in [0, 0.05) is 18.1 Å². The Kier molecular flexibility index (Phi) is 4.28. The minimum atomic E-state index is -0.421. The molecule has 0 radical (unpaired) electrons. The third-order valence-corrected chi connectivity index (χ3v) is 4.48. The zero-order valence-corrected chi connectivity index (χ0v) is 12.3. The van der Waals surface area contributed by atoms with Crippen LogP contribution in [0.3, 0.4) is 0 Å². The van der Waals surface area contributed by atoms with Gasteiger partial charge in [-0.15, -0.1) is 0 Å². The summed E-state index contributed by atoms with van der Waals surface area (Å²) in [5, 5.41) is 10.6. The van der Waals surface area contributed by atoms with Crippen molar-refractivity contribution in [2.24, 2.45) is 17.8 Å². The van der Waals surface area contributed by atoms with Gasteiger partial charge in [-0.1, -0.05) is 20.8 Å². The van der Waals surface area contributed by atoms with Crippen molar-refractivity contribution in [1.82, 2.24) is 0 Å². The lowest BCUT2D eigenvalue weighted by atomic mass is 9.79. The number of nitro benzene ring substituents is 1. The topological polar surface area (TPSA) is 61.6 Å². The molecule has 0 saturated carbocycles. The summed E-state index contributed by atoms with van der Waals surface area (Å²) in [6, 6.07) is 6.11. The van der Waals surface area contributed by atoms with Gasteiger partial charge in [0.25, 0.3) is 5.69 Å². The van der Waals surface area contributed by atoms with Gasteiger partial charge < -0.3 is 9.47 Å². The maximum absolute atomic E-state index is 10.6. The highest BCUT2D eigenvalue weighted by Gasteiger charge is 2.38. The van der Waals surface area contributed by atoms with E-state index < -0.39 is 4.92 Å². The van der Waals surface area contributed by atoms with Crippen LogP contribution >= 0.6 is 0 Å². The van der Waals surface area contributed by atoms with E-state index in [1.54, 1.807) is 12.1 Å². The SMILES string of the molecule is C[C@@H]1[C@H](C)[C@@H](Oc2ccc([N+](=O)[O-])cc2)O[C@H](C)[C@H]1C. The zero-order chi connectivity index (χ0) is 14.9. The van der Waals surface area contributed by atoms with Gasteiger partial charge >= 0.3 is 0 Å². The van der Waals surface area contributed by atoms with Crippen LogP contribution in [0.25, 0.3) is 0 Å². The first-order valence-corrected chi connectivity index (χ1v) is 6.96. The maximum Gasteiger partial charge on any atom is 0.269 e. The summed E-state index contributed by atoms with van der Waals surface area (Å²) in [6.45, 7) is 8.57. The second kappa shape index (κ2) is 5.79. The van der Waals surface area contributed by atoms with Crippen molar-refractivity contribution >= 4 is 5.69 Å². The predicted octanol–water partition coefficient (Wildman–Crippen LogP) is 3.63. The number of ether oxygens (including phenoxy) is 2. The number of rotatable bonds is 3. The summed E-state index contributed by atoms with van der Waals surface area (Å²) in [7, 11) is 0. The third kappa shape index (κ3) is 2.93. The van der Waals surface area contributed by atoms with E-state index in [1.165, 1.54) is 12.1 Å². The second-order valence-corrected chi connectivity index (χ2v) is 5.66. The first-order chi connectivity index (χ1) is 9.40. The summed E-state index contributed by atoms with van der Waals surface area (Å²) in [6.07, 6.45) is -0.165. The molecule has 110 valence electrons. The van der Waals surface area contributed by atoms with Gasteiger partial charge in [0.2, 0.25) is 6.29 Å². The number of hydrogen-bond acceptors (Lipinski definition) is 4. The van der Waals surface area contributed by atoms with Crippen LogP contribution in [-0.4, -0.2) is 17.3 Å². The van der Waals surface area contributed by atoms with Crippen LogP contribution < -0.4 is 4.74 Å². The Hall–Kier alpha value is -1.62. The number of non-ortho nitro benzene ring substituents is 1. The van der Waals surface area contributed by atoms with Gasteiger partial charge in [-0.2, -0.15) is 0 Å². The van der Waals surface area contributed by atoms with Crippen LogP contribution in [0, 0.1) is 27.9 Å². The highest BCUT2D eigenvalue weighted by molar-refractivity contribution is 5.36. The molecule has 1 aliphatic rings. The van der Waals surface area contributed by atoms with E-state index in [0.29, 0.717) is 17.6 Å². The zero-order valence-electron chi connectivity index (χ0n) is 12.3. The Bertz CT molecular complexity index is 473. The van der Waals surface area contributed by atoms with Crippen LogP contribution in [0.5, 0.6) is 5.75 Å². The van der Waals surface area contributed by atoms with Gasteiger partial charge in [0.1, 0.15) is 5.75 Å². The Morgan fingerprint density at radius 2 is 1.65 bits per heavy atom. The van der Waals surface area contributed by atoms with Crippen molar-refractivity contribution in [1.29, 1.82) is 0 Å². The minimum Gasteiger partial charge on any atom is -0.465 e. The first-order valence-electron chi connectivity index (χ1n) is 6.96. The third-order valence-electron chi connectivity index (χ3n) is 4.48. The van der Waals surface area contributed by atoms with E-state index >= 15 is 0 Å². The van der Waals surface area contributed by atoms with Crippen molar-refractivity contribution in [3.05, 3.63) is 34.4 Å². The van der Waals surface area contributed by atoms with Crippen molar-refractivity contribution in [3.63, 3.8) is 0 Å². The number of hydrogen-bond donors (Lipinski definition) is 0. The molecule has 1 aromatic carbocycles. The summed E-state index contributed by atoms with van der Waals surface area (Å²) < 4.78 is 11.8. The standard InChI is InChI=1S/C15H21NO4/c1-9-10(2)12(4)19-15(11(9)3)20-14-7-5-13(6-8-14)16(17)18/h5-12,15H,1-4H3/t9-,10-,11-,12+,15+/m0/s1. The number of benzene rings is 1. The fraction of sp³-hybridized carbons (Fsp3) is 0.600. The van der Waals surface area contributed by atoms with Gasteiger partial charge in [-0.25, -0.2) is 0 Å². The molecular formula is C15H21NO4. The predicted molar refractivity (Wildman–Crippen MR) is 75.6 cm³/mol. The molecule has 0 bridgehead atoms. The van der Waals surface area contributed by atoms with E-state index in [9.17, 15) is 10.1 Å². The Balaban J connectivity index is 2.07. The monoisotopic (exact) mass is 279 g/mol. The van der Waals surface area contributed by atoms with Crippen LogP contribution in [0.2, 0.25) is 0 Å². The highest BCUT2D eigenvalue weighted by Crippen LogP contribution is 2.35. The lowest BCUT2D eigenvalue weighted by molar-refractivity contribution is -0.384. The van der Waals surface area contributed by atoms with Crippen LogP contribution in [-0.2, 0) is 4.74 Å². The molecule has 0 spiro atoms. The highest BCUT2D eigenvalue weighted by atomic mass is 16.7. The van der Waals surface area contributed by atoms with E-state index in [2.05, 4.69) is 27.7 Å². The minimum absolute atomic E-state index is 0.0605. The number of nitrogens with zero attached hydrogens (tertiary/aromatic N) is 1. The van der Waals surface area contributed by atoms with Gasteiger partial charge in [-0.3, -0.25) is 10.1 Å². The molecule has 1 aliphatic heterocycles. The molecular weight excluding hydrogens is 258 g/mol. The second-order valence-electron chi connectivity index (χ2n) is 5.66. The molecule has 5 heteroatoms. The first kappa shape index (κ1) is 14.8. The van der Waals surface area contributed by atoms with Crippen LogP contribution in [0.15, 0.2) is 24.3 Å². The fourth-order valence-corrected chi connectivity index (χ4v) is 2.53. The molecule has 2 rings (SSSR count). The smallest absolute Gasteiger partial charge is 0.269 e. The van der Waals surface area contributed by atoms with Crippen molar-refractivity contribution in [3.8, 4) is 5.75 Å². The number of nitro groups is 1. The maximum atomic E-state index is 10.6. The molecule has 5 nitrogen and oxygen atoms in total. The summed E-state index contributed by atoms with van der Waals surface area (Å²) in [4.78, 5) is 10.2.